The molecule has 0 fully saturated rings. The van der Waals surface area contributed by atoms with Crippen LogP contribution in [0.2, 0.25) is 5.02 Å². The van der Waals surface area contributed by atoms with Crippen LogP contribution >= 0.6 is 35.2 Å². The maximum absolute atomic E-state index is 12.1. The normalized spacial score (nSPS) is 10.8. The van der Waals surface area contributed by atoms with Crippen molar-refractivity contribution in [1.82, 2.24) is 10.3 Å². The van der Waals surface area contributed by atoms with Crippen LogP contribution in [0.4, 0.5) is 5.69 Å². The van der Waals surface area contributed by atoms with Gasteiger partial charge >= 0.3 is 0 Å². The molecule has 4 aromatic rings. The third kappa shape index (κ3) is 3.91. The second kappa shape index (κ2) is 7.71. The quantitative estimate of drug-likeness (QED) is 0.414. The van der Waals surface area contributed by atoms with Crippen LogP contribution < -0.4 is 10.6 Å². The number of aryl methyl sites for hydroxylation is 1. The van der Waals surface area contributed by atoms with Crippen LogP contribution in [0.1, 0.15) is 15.2 Å². The van der Waals surface area contributed by atoms with Crippen LogP contribution in [-0.2, 0) is 0 Å². The summed E-state index contributed by atoms with van der Waals surface area (Å²) in [5, 5.41) is 8.17. The minimum atomic E-state index is -0.254. The van der Waals surface area contributed by atoms with Crippen molar-refractivity contribution in [3.63, 3.8) is 0 Å². The summed E-state index contributed by atoms with van der Waals surface area (Å²) in [6.07, 6.45) is 0. The highest BCUT2D eigenvalue weighted by molar-refractivity contribution is 7.80. The van der Waals surface area contributed by atoms with E-state index in [1.54, 1.807) is 24.3 Å². The lowest BCUT2D eigenvalue weighted by atomic mass is 10.2. The fourth-order valence-corrected chi connectivity index (χ4v) is 3.68. The maximum Gasteiger partial charge on any atom is 0.267 e. The van der Waals surface area contributed by atoms with Gasteiger partial charge in [0.25, 0.3) is 5.91 Å². The molecule has 0 aliphatic carbocycles. The molecule has 2 N–H and O–H groups in total. The predicted molar refractivity (Wildman–Crippen MR) is 117 cm³/mol. The molecule has 8 heteroatoms. The number of hydrogen-bond acceptors (Lipinski definition) is 5. The van der Waals surface area contributed by atoms with Gasteiger partial charge in [-0.3, -0.25) is 10.1 Å². The number of nitrogens with one attached hydrogen (secondary N) is 2. The summed E-state index contributed by atoms with van der Waals surface area (Å²) in [6.45, 7) is 2.00. The minimum absolute atomic E-state index is 0.194. The molecule has 1 amide bonds. The molecule has 2 heterocycles. The van der Waals surface area contributed by atoms with Crippen LogP contribution in [0.5, 0.6) is 0 Å². The Hall–Kier alpha value is -2.74. The number of anilines is 1. The Morgan fingerprint density at radius 3 is 2.86 bits per heavy atom. The number of carbonyl (C=O) groups is 1. The lowest BCUT2D eigenvalue weighted by Gasteiger charge is -2.10. The molecule has 2 aromatic carbocycles. The van der Waals surface area contributed by atoms with Crippen molar-refractivity contribution in [1.29, 1.82) is 0 Å². The summed E-state index contributed by atoms with van der Waals surface area (Å²) in [4.78, 5) is 17.2. The van der Waals surface area contributed by atoms with E-state index >= 15 is 0 Å². The zero-order valence-electron chi connectivity index (χ0n) is 14.7. The van der Waals surface area contributed by atoms with Gasteiger partial charge in [0.15, 0.2) is 10.7 Å². The molecule has 4 rings (SSSR count). The van der Waals surface area contributed by atoms with E-state index in [1.807, 2.05) is 36.6 Å². The predicted octanol–water partition coefficient (Wildman–Crippen LogP) is 5.64. The van der Waals surface area contributed by atoms with E-state index in [9.17, 15) is 4.79 Å². The van der Waals surface area contributed by atoms with Crippen molar-refractivity contribution in [2.24, 2.45) is 0 Å². The summed E-state index contributed by atoms with van der Waals surface area (Å²) < 4.78 is 5.84. The lowest BCUT2D eigenvalue weighted by molar-refractivity contribution is 0.0981. The monoisotopic (exact) mass is 427 g/mol. The van der Waals surface area contributed by atoms with Crippen molar-refractivity contribution in [3.05, 3.63) is 69.4 Å². The molecule has 2 aromatic heterocycles. The second-order valence-corrected chi connectivity index (χ2v) is 7.83. The average molecular weight is 428 g/mol. The number of amides is 1. The number of halogens is 1. The Morgan fingerprint density at radius 2 is 2.07 bits per heavy atom. The van der Waals surface area contributed by atoms with Crippen molar-refractivity contribution in [3.8, 4) is 11.5 Å². The van der Waals surface area contributed by atoms with E-state index in [4.69, 9.17) is 28.2 Å². The summed E-state index contributed by atoms with van der Waals surface area (Å²) in [5.41, 5.74) is 3.85. The molecule has 140 valence electrons. The van der Waals surface area contributed by atoms with E-state index in [-0.39, 0.29) is 11.0 Å². The molecule has 0 saturated heterocycles. The van der Waals surface area contributed by atoms with Gasteiger partial charge in [-0.2, -0.15) is 0 Å². The molecule has 0 aliphatic heterocycles. The Kier molecular flexibility index (Phi) is 5.13. The molecule has 0 radical (unpaired) electrons. The number of fused-ring (bicyclic) bond motifs is 1. The number of aromatic nitrogens is 1. The Labute approximate surface area is 175 Å². The van der Waals surface area contributed by atoms with E-state index in [0.29, 0.717) is 32.6 Å². The smallest absolute Gasteiger partial charge is 0.267 e. The van der Waals surface area contributed by atoms with E-state index < -0.39 is 0 Å². The third-order valence-electron chi connectivity index (χ3n) is 3.97. The molecule has 0 spiro atoms. The van der Waals surface area contributed by atoms with Crippen LogP contribution in [0.15, 0.2) is 58.3 Å². The van der Waals surface area contributed by atoms with Crippen molar-refractivity contribution >= 4 is 63.0 Å². The lowest BCUT2D eigenvalue weighted by Crippen LogP contribution is -2.33. The molecule has 0 atom stereocenters. The highest BCUT2D eigenvalue weighted by atomic mass is 35.5. The zero-order valence-corrected chi connectivity index (χ0v) is 17.0. The summed E-state index contributed by atoms with van der Waals surface area (Å²) in [5.74, 6) is 0.166. The first kappa shape index (κ1) is 18.6. The first-order chi connectivity index (χ1) is 13.5. The van der Waals surface area contributed by atoms with Gasteiger partial charge in [-0.15, -0.1) is 11.3 Å². The van der Waals surface area contributed by atoms with Gasteiger partial charge in [0.2, 0.25) is 5.89 Å². The number of oxazole rings is 1. The van der Waals surface area contributed by atoms with Crippen molar-refractivity contribution in [2.75, 3.05) is 5.32 Å². The highest BCUT2D eigenvalue weighted by Crippen LogP contribution is 2.32. The van der Waals surface area contributed by atoms with Gasteiger partial charge in [-0.05, 0) is 66.5 Å². The number of nitrogens with zero attached hydrogens (tertiary/aromatic N) is 1. The Balaban J connectivity index is 1.56. The van der Waals surface area contributed by atoms with Crippen LogP contribution in [-0.4, -0.2) is 16.0 Å². The Morgan fingerprint density at radius 1 is 1.21 bits per heavy atom. The standard InChI is InChI=1S/C20H14ClN3O2S2/c1-11-4-7-16-15(9-11)23-19(26-16)13-10-12(5-6-14(13)21)22-20(27)24-18(25)17-3-2-8-28-17/h2-10H,1H3,(H2,22,24,25,27). The number of benzene rings is 2. The van der Waals surface area contributed by atoms with Gasteiger partial charge in [0.05, 0.1) is 15.5 Å². The number of carbonyl (C=O) groups excluding carboxylic acids is 1. The second-order valence-electron chi connectivity index (χ2n) is 6.07. The van der Waals surface area contributed by atoms with Gasteiger partial charge in [0.1, 0.15) is 5.52 Å². The molecule has 0 aliphatic rings. The molecule has 0 bridgehead atoms. The van der Waals surface area contributed by atoms with Crippen molar-refractivity contribution < 1.29 is 9.21 Å². The fraction of sp³-hybridized carbons (Fsp3) is 0.0500. The first-order valence-corrected chi connectivity index (χ1v) is 9.99. The molecular formula is C20H14ClN3O2S2. The molecule has 28 heavy (non-hydrogen) atoms. The van der Waals surface area contributed by atoms with Gasteiger partial charge in [-0.25, -0.2) is 4.98 Å². The molecule has 5 nitrogen and oxygen atoms in total. The number of hydrogen-bond donors (Lipinski definition) is 2. The van der Waals surface area contributed by atoms with Crippen LogP contribution in [0.25, 0.3) is 22.6 Å². The van der Waals surface area contributed by atoms with E-state index in [2.05, 4.69) is 15.6 Å². The summed E-state index contributed by atoms with van der Waals surface area (Å²) >= 11 is 12.9. The van der Waals surface area contributed by atoms with E-state index in [0.717, 1.165) is 11.1 Å². The fourth-order valence-electron chi connectivity index (χ4n) is 2.65. The molecular weight excluding hydrogens is 414 g/mol. The largest absolute Gasteiger partial charge is 0.436 e. The van der Waals surface area contributed by atoms with Gasteiger partial charge < -0.3 is 9.73 Å². The average Bonchev–Trinajstić information content (AvgIpc) is 3.32. The molecule has 0 unspecified atom stereocenters. The number of thiophene rings is 1. The zero-order chi connectivity index (χ0) is 19.7. The maximum atomic E-state index is 12.1. The van der Waals surface area contributed by atoms with Crippen LogP contribution in [0, 0.1) is 6.92 Å². The van der Waals surface area contributed by atoms with Crippen molar-refractivity contribution in [2.45, 2.75) is 6.92 Å². The summed E-state index contributed by atoms with van der Waals surface area (Å²) in [6, 6.07) is 14.6. The third-order valence-corrected chi connectivity index (χ3v) is 5.37. The SMILES string of the molecule is Cc1ccc2oc(-c3cc(NC(=S)NC(=O)c4cccs4)ccc3Cl)nc2c1. The number of rotatable bonds is 3. The first-order valence-electron chi connectivity index (χ1n) is 8.32. The van der Waals surface area contributed by atoms with E-state index in [1.165, 1.54) is 11.3 Å². The van der Waals surface area contributed by atoms with Gasteiger partial charge in [0, 0.05) is 5.69 Å². The molecule has 0 saturated carbocycles. The number of thiocarbonyl (C=S) groups is 1. The Bertz CT molecular complexity index is 1190. The summed E-state index contributed by atoms with van der Waals surface area (Å²) in [7, 11) is 0. The van der Waals surface area contributed by atoms with Crippen LogP contribution in [0.3, 0.4) is 0 Å². The van der Waals surface area contributed by atoms with Gasteiger partial charge in [-0.1, -0.05) is 23.7 Å². The highest BCUT2D eigenvalue weighted by Gasteiger charge is 2.14. The minimum Gasteiger partial charge on any atom is -0.436 e. The topological polar surface area (TPSA) is 67.2 Å².